The summed E-state index contributed by atoms with van der Waals surface area (Å²) in [7, 11) is -7.10. The number of benzene rings is 1. The standard InChI is InChI=1S/C14H18N2O6S2/c1-9(2)8-23(18,19)11-6-16(7-11)24(20,21)10-3-4-13-12(5-10)15-14(17)22-13/h3-5,9,11H,6-8H2,1-2H3,(H,15,17). The molecule has 0 radical (unpaired) electrons. The minimum Gasteiger partial charge on any atom is -0.408 e. The number of sulfone groups is 1. The molecule has 0 aliphatic carbocycles. The Bertz CT molecular complexity index is 1030. The highest BCUT2D eigenvalue weighted by atomic mass is 32.2. The molecule has 2 heterocycles. The summed E-state index contributed by atoms with van der Waals surface area (Å²) in [4.78, 5) is 13.5. The number of hydrogen-bond donors (Lipinski definition) is 1. The van der Waals surface area contributed by atoms with Gasteiger partial charge < -0.3 is 4.42 Å². The predicted octanol–water partition coefficient (Wildman–Crippen LogP) is 0.565. The summed E-state index contributed by atoms with van der Waals surface area (Å²) in [5, 5.41) is -0.660. The van der Waals surface area contributed by atoms with Gasteiger partial charge in [0.2, 0.25) is 10.0 Å². The van der Waals surface area contributed by atoms with Crippen LogP contribution in [-0.2, 0) is 19.9 Å². The molecule has 1 saturated heterocycles. The van der Waals surface area contributed by atoms with Crippen LogP contribution in [0.15, 0.2) is 32.3 Å². The van der Waals surface area contributed by atoms with Gasteiger partial charge in [0.25, 0.3) is 0 Å². The van der Waals surface area contributed by atoms with Crippen LogP contribution in [0.3, 0.4) is 0 Å². The molecule has 2 aromatic rings. The van der Waals surface area contributed by atoms with Crippen molar-refractivity contribution in [3.63, 3.8) is 0 Å². The number of hydrogen-bond acceptors (Lipinski definition) is 6. The van der Waals surface area contributed by atoms with E-state index in [0.717, 1.165) is 4.31 Å². The van der Waals surface area contributed by atoms with Gasteiger partial charge in [-0.2, -0.15) is 4.31 Å². The van der Waals surface area contributed by atoms with E-state index in [1.54, 1.807) is 0 Å². The molecule has 24 heavy (non-hydrogen) atoms. The Morgan fingerprint density at radius 1 is 1.25 bits per heavy atom. The van der Waals surface area contributed by atoms with Crippen LogP contribution in [0.2, 0.25) is 0 Å². The number of H-pyrrole nitrogens is 1. The fourth-order valence-electron chi connectivity index (χ4n) is 2.67. The molecule has 0 amide bonds. The van der Waals surface area contributed by atoms with Crippen LogP contribution >= 0.6 is 0 Å². The lowest BCUT2D eigenvalue weighted by Gasteiger charge is -2.37. The summed E-state index contributed by atoms with van der Waals surface area (Å²) >= 11 is 0. The minimum atomic E-state index is -3.80. The molecule has 0 atom stereocenters. The highest BCUT2D eigenvalue weighted by Gasteiger charge is 2.43. The van der Waals surface area contributed by atoms with Gasteiger partial charge in [-0.3, -0.25) is 4.98 Å². The first-order chi connectivity index (χ1) is 11.1. The molecule has 1 fully saturated rings. The van der Waals surface area contributed by atoms with Crippen molar-refractivity contribution in [3.05, 3.63) is 28.7 Å². The summed E-state index contributed by atoms with van der Waals surface area (Å²) in [6, 6.07) is 4.04. The Kier molecular flexibility index (Phi) is 4.09. The molecule has 1 aromatic heterocycles. The lowest BCUT2D eigenvalue weighted by atomic mass is 10.3. The number of fused-ring (bicyclic) bond motifs is 1. The van der Waals surface area contributed by atoms with Crippen molar-refractivity contribution in [1.82, 2.24) is 9.29 Å². The average Bonchev–Trinajstić information content (AvgIpc) is 2.73. The topological polar surface area (TPSA) is 118 Å². The number of rotatable bonds is 5. The van der Waals surface area contributed by atoms with E-state index in [4.69, 9.17) is 4.42 Å². The van der Waals surface area contributed by atoms with Gasteiger partial charge in [-0.25, -0.2) is 21.6 Å². The molecule has 132 valence electrons. The third-order valence-electron chi connectivity index (χ3n) is 3.92. The third kappa shape index (κ3) is 3.01. The highest BCUT2D eigenvalue weighted by Crippen LogP contribution is 2.27. The number of sulfonamides is 1. The number of aromatic amines is 1. The minimum absolute atomic E-state index is 0.000907. The van der Waals surface area contributed by atoms with Crippen molar-refractivity contribution < 1.29 is 21.3 Å². The first-order valence-electron chi connectivity index (χ1n) is 7.44. The van der Waals surface area contributed by atoms with Crippen LogP contribution in [0, 0.1) is 5.92 Å². The van der Waals surface area contributed by atoms with E-state index in [9.17, 15) is 21.6 Å². The molecule has 3 rings (SSSR count). The summed E-state index contributed by atoms with van der Waals surface area (Å²) in [5.41, 5.74) is 0.547. The van der Waals surface area contributed by atoms with Crippen LogP contribution in [0.1, 0.15) is 13.8 Å². The first kappa shape index (κ1) is 17.2. The monoisotopic (exact) mass is 374 g/mol. The normalized spacial score (nSPS) is 17.5. The number of oxazole rings is 1. The van der Waals surface area contributed by atoms with Crippen LogP contribution < -0.4 is 5.76 Å². The fourth-order valence-corrected chi connectivity index (χ4v) is 6.43. The second-order valence-electron chi connectivity index (χ2n) is 6.34. The van der Waals surface area contributed by atoms with Crippen molar-refractivity contribution in [2.45, 2.75) is 24.0 Å². The molecule has 1 aliphatic heterocycles. The van der Waals surface area contributed by atoms with E-state index in [1.807, 2.05) is 13.8 Å². The van der Waals surface area contributed by atoms with Crippen molar-refractivity contribution in [2.75, 3.05) is 18.8 Å². The van der Waals surface area contributed by atoms with Crippen molar-refractivity contribution in [1.29, 1.82) is 0 Å². The van der Waals surface area contributed by atoms with Gasteiger partial charge >= 0.3 is 5.76 Å². The second kappa shape index (κ2) is 5.71. The molecule has 0 saturated carbocycles. The molecule has 8 nitrogen and oxygen atoms in total. The number of aromatic nitrogens is 1. The SMILES string of the molecule is CC(C)CS(=O)(=O)C1CN(S(=O)(=O)c2ccc3oc(=O)[nH]c3c2)C1. The zero-order valence-corrected chi connectivity index (χ0v) is 14.9. The Morgan fingerprint density at radius 2 is 1.92 bits per heavy atom. The van der Waals surface area contributed by atoms with Crippen LogP contribution in [0.5, 0.6) is 0 Å². The van der Waals surface area contributed by atoms with Crippen LogP contribution in [-0.4, -0.2) is 50.2 Å². The first-order valence-corrected chi connectivity index (χ1v) is 10.6. The third-order valence-corrected chi connectivity index (χ3v) is 8.19. The van der Waals surface area contributed by atoms with Gasteiger partial charge in [-0.15, -0.1) is 0 Å². The van der Waals surface area contributed by atoms with E-state index >= 15 is 0 Å². The Hall–Kier alpha value is -1.65. The molecule has 1 N–H and O–H groups in total. The van der Waals surface area contributed by atoms with Crippen molar-refractivity contribution >= 4 is 31.0 Å². The maximum Gasteiger partial charge on any atom is 0.417 e. The number of nitrogens with one attached hydrogen (secondary N) is 1. The Labute approximate surface area is 139 Å². The van der Waals surface area contributed by atoms with E-state index < -0.39 is 30.9 Å². The zero-order valence-electron chi connectivity index (χ0n) is 13.2. The zero-order chi connectivity index (χ0) is 17.7. The summed E-state index contributed by atoms with van der Waals surface area (Å²) in [6.45, 7) is 3.53. The highest BCUT2D eigenvalue weighted by molar-refractivity contribution is 7.92. The Morgan fingerprint density at radius 3 is 2.54 bits per heavy atom. The largest absolute Gasteiger partial charge is 0.417 e. The van der Waals surface area contributed by atoms with E-state index in [2.05, 4.69) is 4.98 Å². The molecule has 1 aliphatic rings. The molecule has 1 aromatic carbocycles. The number of nitrogens with zero attached hydrogens (tertiary/aromatic N) is 1. The Balaban J connectivity index is 1.81. The lowest BCUT2D eigenvalue weighted by molar-refractivity contribution is 0.309. The summed E-state index contributed by atoms with van der Waals surface area (Å²) < 4.78 is 55.4. The molecule has 0 bridgehead atoms. The maximum atomic E-state index is 12.6. The van der Waals surface area contributed by atoms with Crippen LogP contribution in [0.25, 0.3) is 11.1 Å². The van der Waals surface area contributed by atoms with Crippen LogP contribution in [0.4, 0.5) is 0 Å². The van der Waals surface area contributed by atoms with Gasteiger partial charge in [0.05, 0.1) is 21.4 Å². The molecular weight excluding hydrogens is 356 g/mol. The van der Waals surface area contributed by atoms with Gasteiger partial charge in [-0.05, 0) is 24.1 Å². The van der Waals surface area contributed by atoms with E-state index in [-0.39, 0.29) is 40.8 Å². The smallest absolute Gasteiger partial charge is 0.408 e. The van der Waals surface area contributed by atoms with Gasteiger partial charge in [0.15, 0.2) is 15.4 Å². The summed E-state index contributed by atoms with van der Waals surface area (Å²) in [5.74, 6) is -0.613. The molecule has 10 heteroatoms. The van der Waals surface area contributed by atoms with E-state index in [1.165, 1.54) is 18.2 Å². The summed E-state index contributed by atoms with van der Waals surface area (Å²) in [6.07, 6.45) is 0. The average molecular weight is 374 g/mol. The lowest BCUT2D eigenvalue weighted by Crippen LogP contribution is -2.57. The predicted molar refractivity (Wildman–Crippen MR) is 88.0 cm³/mol. The molecular formula is C14H18N2O6S2. The van der Waals surface area contributed by atoms with Gasteiger partial charge in [0.1, 0.15) is 0 Å². The molecule has 0 spiro atoms. The van der Waals surface area contributed by atoms with Gasteiger partial charge in [-0.1, -0.05) is 13.8 Å². The van der Waals surface area contributed by atoms with Crippen molar-refractivity contribution in [2.24, 2.45) is 5.92 Å². The second-order valence-corrected chi connectivity index (χ2v) is 10.6. The fraction of sp³-hybridized carbons (Fsp3) is 0.500. The van der Waals surface area contributed by atoms with E-state index in [0.29, 0.717) is 0 Å². The van der Waals surface area contributed by atoms with Crippen molar-refractivity contribution in [3.8, 4) is 0 Å². The quantitative estimate of drug-likeness (QED) is 0.817. The van der Waals surface area contributed by atoms with Gasteiger partial charge in [0, 0.05) is 13.1 Å². The molecule has 0 unspecified atom stereocenters. The maximum absolute atomic E-state index is 12.6.